The molecule has 0 aliphatic heterocycles. The Hall–Kier alpha value is 0.660. The minimum absolute atomic E-state index is 0.653. The lowest BCUT2D eigenvalue weighted by Crippen LogP contribution is -2.25. The molecule has 68 valence electrons. The minimum Gasteiger partial charge on any atom is -0.248 e. The van der Waals surface area contributed by atoms with E-state index in [-0.39, 0.29) is 0 Å². The Balaban J connectivity index is 3.51. The van der Waals surface area contributed by atoms with Gasteiger partial charge in [0.15, 0.2) is 0 Å². The van der Waals surface area contributed by atoms with Crippen molar-refractivity contribution in [3.63, 3.8) is 0 Å². The maximum atomic E-state index is 4.18. The predicted octanol–water partition coefficient (Wildman–Crippen LogP) is 2.68. The summed E-state index contributed by atoms with van der Waals surface area (Å²) in [5.74, 6) is 2.10. The van der Waals surface area contributed by atoms with Gasteiger partial charge in [-0.2, -0.15) is 12.6 Å². The van der Waals surface area contributed by atoms with Gasteiger partial charge >= 0.3 is 0 Å². The molecule has 0 saturated heterocycles. The first kappa shape index (κ1) is 11.7. The van der Waals surface area contributed by atoms with Crippen LogP contribution in [0.1, 0.15) is 27.2 Å². The van der Waals surface area contributed by atoms with Crippen molar-refractivity contribution in [2.24, 2.45) is 0 Å². The van der Waals surface area contributed by atoms with Crippen molar-refractivity contribution in [3.8, 4) is 0 Å². The zero-order valence-corrected chi connectivity index (χ0v) is 9.42. The van der Waals surface area contributed by atoms with Crippen molar-refractivity contribution >= 4 is 24.6 Å². The summed E-state index contributed by atoms with van der Waals surface area (Å²) in [4.78, 5) is 0. The van der Waals surface area contributed by atoms with E-state index in [1.165, 1.54) is 13.0 Å². The number of rotatable bonds is 6. The summed E-state index contributed by atoms with van der Waals surface area (Å²) in [5, 5.41) is 0. The Morgan fingerprint density at radius 2 is 2.09 bits per heavy atom. The third-order valence-electron chi connectivity index (χ3n) is 1.37. The lowest BCUT2D eigenvalue weighted by Gasteiger charge is -2.23. The molecule has 0 heterocycles. The first-order chi connectivity index (χ1) is 5.22. The maximum absolute atomic E-state index is 4.18. The second-order valence-corrected chi connectivity index (χ2v) is 4.37. The first-order valence-corrected chi connectivity index (χ1v) is 5.80. The van der Waals surface area contributed by atoms with Crippen molar-refractivity contribution in [2.75, 3.05) is 18.1 Å². The number of hydrogen-bond acceptors (Lipinski definition) is 3. The summed E-state index contributed by atoms with van der Waals surface area (Å²) < 4.78 is 2.43. The van der Waals surface area contributed by atoms with Gasteiger partial charge < -0.3 is 0 Å². The van der Waals surface area contributed by atoms with Crippen LogP contribution in [-0.4, -0.2) is 28.4 Å². The van der Waals surface area contributed by atoms with Crippen molar-refractivity contribution in [3.05, 3.63) is 0 Å². The van der Waals surface area contributed by atoms with Crippen LogP contribution in [0.25, 0.3) is 0 Å². The van der Waals surface area contributed by atoms with Gasteiger partial charge in [0.25, 0.3) is 0 Å². The van der Waals surface area contributed by atoms with Crippen molar-refractivity contribution in [2.45, 2.75) is 33.2 Å². The molecule has 3 heteroatoms. The Bertz CT molecular complexity index is 86.2. The molecule has 0 amide bonds. The van der Waals surface area contributed by atoms with Crippen LogP contribution < -0.4 is 0 Å². The van der Waals surface area contributed by atoms with Crippen LogP contribution in [0.4, 0.5) is 0 Å². The topological polar surface area (TPSA) is 3.24 Å². The molecule has 1 nitrogen and oxygen atoms in total. The third kappa shape index (κ3) is 5.88. The Labute approximate surface area is 80.5 Å². The van der Waals surface area contributed by atoms with Gasteiger partial charge in [0.05, 0.1) is 0 Å². The molecule has 0 aliphatic carbocycles. The van der Waals surface area contributed by atoms with Gasteiger partial charge in [-0.1, -0.05) is 18.9 Å². The highest BCUT2D eigenvalue weighted by molar-refractivity contribution is 7.97. The summed E-state index contributed by atoms with van der Waals surface area (Å²) >= 11 is 6.10. The van der Waals surface area contributed by atoms with Crippen LogP contribution in [-0.2, 0) is 0 Å². The lowest BCUT2D eigenvalue weighted by molar-refractivity contribution is 0.396. The van der Waals surface area contributed by atoms with Crippen molar-refractivity contribution in [1.82, 2.24) is 4.31 Å². The zero-order valence-electron chi connectivity index (χ0n) is 7.71. The normalized spacial score (nSPS) is 11.5. The van der Waals surface area contributed by atoms with Crippen LogP contribution in [0.3, 0.4) is 0 Å². The molecule has 0 unspecified atom stereocenters. The standard InChI is InChI=1S/C8H19NS2/c1-4-5-9(8(2)3)11-7-6-10/h8,10H,4-7H2,1-3H3. The highest BCUT2D eigenvalue weighted by atomic mass is 32.2. The van der Waals surface area contributed by atoms with Crippen molar-refractivity contribution < 1.29 is 0 Å². The van der Waals surface area contributed by atoms with Crippen LogP contribution in [0.15, 0.2) is 0 Å². The van der Waals surface area contributed by atoms with Crippen LogP contribution >= 0.6 is 24.6 Å². The Morgan fingerprint density at radius 3 is 2.45 bits per heavy atom. The Kier molecular flexibility index (Phi) is 7.76. The fraction of sp³-hybridized carbons (Fsp3) is 1.00. The van der Waals surface area contributed by atoms with Gasteiger partial charge in [0, 0.05) is 24.1 Å². The summed E-state index contributed by atoms with van der Waals surface area (Å²) in [5.41, 5.74) is 0. The molecule has 0 aromatic rings. The van der Waals surface area contributed by atoms with E-state index in [1.54, 1.807) is 0 Å². The molecule has 0 aliphatic rings. The monoisotopic (exact) mass is 193 g/mol. The van der Waals surface area contributed by atoms with E-state index < -0.39 is 0 Å². The summed E-state index contributed by atoms with van der Waals surface area (Å²) in [6, 6.07) is 0.653. The molecule has 0 radical (unpaired) electrons. The predicted molar refractivity (Wildman–Crippen MR) is 58.4 cm³/mol. The zero-order chi connectivity index (χ0) is 8.69. The van der Waals surface area contributed by atoms with E-state index >= 15 is 0 Å². The molecule has 0 saturated carbocycles. The molecular formula is C8H19NS2. The molecule has 0 aromatic heterocycles. The molecule has 0 bridgehead atoms. The van der Waals surface area contributed by atoms with Gasteiger partial charge in [0.2, 0.25) is 0 Å². The fourth-order valence-corrected chi connectivity index (χ4v) is 2.02. The third-order valence-corrected chi connectivity index (χ3v) is 3.22. The summed E-state index contributed by atoms with van der Waals surface area (Å²) in [6.07, 6.45) is 1.23. The van der Waals surface area contributed by atoms with E-state index in [9.17, 15) is 0 Å². The molecule has 0 spiro atoms. The van der Waals surface area contributed by atoms with E-state index in [0.717, 1.165) is 11.5 Å². The fourth-order valence-electron chi connectivity index (χ4n) is 0.850. The number of hydrogen-bond donors (Lipinski definition) is 1. The summed E-state index contributed by atoms with van der Waals surface area (Å²) in [7, 11) is 0. The highest BCUT2D eigenvalue weighted by Crippen LogP contribution is 2.14. The largest absolute Gasteiger partial charge is 0.248 e. The van der Waals surface area contributed by atoms with E-state index in [1.807, 2.05) is 11.9 Å². The molecule has 0 atom stereocenters. The van der Waals surface area contributed by atoms with Gasteiger partial charge in [-0.3, -0.25) is 0 Å². The molecule has 0 rings (SSSR count). The van der Waals surface area contributed by atoms with Crippen molar-refractivity contribution in [1.29, 1.82) is 0 Å². The Morgan fingerprint density at radius 1 is 1.45 bits per heavy atom. The van der Waals surface area contributed by atoms with E-state index in [0.29, 0.717) is 6.04 Å². The van der Waals surface area contributed by atoms with E-state index in [2.05, 4.69) is 37.7 Å². The average molecular weight is 193 g/mol. The molecule has 0 aromatic carbocycles. The summed E-state index contributed by atoms with van der Waals surface area (Å²) in [6.45, 7) is 7.88. The van der Waals surface area contributed by atoms with Gasteiger partial charge in [0.1, 0.15) is 0 Å². The van der Waals surface area contributed by atoms with Gasteiger partial charge in [-0.05, 0) is 20.3 Å². The van der Waals surface area contributed by atoms with E-state index in [4.69, 9.17) is 0 Å². The smallest absolute Gasteiger partial charge is 0.0169 e. The molecule has 0 fully saturated rings. The van der Waals surface area contributed by atoms with Crippen LogP contribution in [0.2, 0.25) is 0 Å². The highest BCUT2D eigenvalue weighted by Gasteiger charge is 2.06. The second-order valence-electron chi connectivity index (χ2n) is 2.79. The minimum atomic E-state index is 0.653. The molecular weight excluding hydrogens is 174 g/mol. The maximum Gasteiger partial charge on any atom is 0.0169 e. The van der Waals surface area contributed by atoms with Crippen LogP contribution in [0.5, 0.6) is 0 Å². The lowest BCUT2D eigenvalue weighted by atomic mass is 10.4. The molecule has 11 heavy (non-hydrogen) atoms. The number of thiol groups is 1. The van der Waals surface area contributed by atoms with Gasteiger partial charge in [-0.25, -0.2) is 4.31 Å². The molecule has 0 N–H and O–H groups in total. The van der Waals surface area contributed by atoms with Crippen LogP contribution in [0, 0.1) is 0 Å². The van der Waals surface area contributed by atoms with Gasteiger partial charge in [-0.15, -0.1) is 0 Å². The number of nitrogens with zero attached hydrogens (tertiary/aromatic N) is 1. The second kappa shape index (κ2) is 7.32. The first-order valence-electron chi connectivity index (χ1n) is 4.22. The average Bonchev–Trinajstić information content (AvgIpc) is 1.97. The quantitative estimate of drug-likeness (QED) is 0.510. The SMILES string of the molecule is CCCN(SCCS)C(C)C.